The molecular weight excluding hydrogens is 330 g/mol. The summed E-state index contributed by atoms with van der Waals surface area (Å²) in [5, 5.41) is 11.4. The first kappa shape index (κ1) is 18.1. The third-order valence-electron chi connectivity index (χ3n) is 3.17. The van der Waals surface area contributed by atoms with E-state index in [4.69, 9.17) is 15.3 Å². The summed E-state index contributed by atoms with van der Waals surface area (Å²) in [6.45, 7) is 2.34. The predicted octanol–water partition coefficient (Wildman–Crippen LogP) is 0.911. The van der Waals surface area contributed by atoms with Crippen LogP contribution in [0.25, 0.3) is 11.4 Å². The maximum absolute atomic E-state index is 11.9. The van der Waals surface area contributed by atoms with E-state index < -0.39 is 0 Å². The number of nitrogens with two attached hydrogens (primary N) is 1. The molecule has 1 aromatic heterocycles. The third kappa shape index (κ3) is 4.62. The Morgan fingerprint density at radius 2 is 2.04 bits per heavy atom. The van der Waals surface area contributed by atoms with Gasteiger partial charge in [-0.1, -0.05) is 11.8 Å². The Labute approximate surface area is 144 Å². The minimum Gasteiger partial charge on any atom is -0.497 e. The lowest BCUT2D eigenvalue weighted by Gasteiger charge is -2.12. The van der Waals surface area contributed by atoms with E-state index in [-0.39, 0.29) is 17.7 Å². The number of carbonyl (C=O) groups excluding carboxylic acids is 1. The topological polar surface area (TPSA) is 104 Å². The SMILES string of the molecule is COC[C@H](C)NC(=O)CSc1nnc(-c2ccc(OC)cc2)n1N. The number of methoxy groups -OCH3 is 2. The van der Waals surface area contributed by atoms with Crippen molar-refractivity contribution < 1.29 is 14.3 Å². The predicted molar refractivity (Wildman–Crippen MR) is 92.4 cm³/mol. The fourth-order valence-electron chi connectivity index (χ4n) is 2.05. The number of hydrogen-bond acceptors (Lipinski definition) is 7. The number of amides is 1. The van der Waals surface area contributed by atoms with Crippen LogP contribution in [0.4, 0.5) is 0 Å². The number of nitrogen functional groups attached to an aromatic ring is 1. The molecule has 1 atom stereocenters. The van der Waals surface area contributed by atoms with Gasteiger partial charge in [0.1, 0.15) is 5.75 Å². The second-order valence-electron chi connectivity index (χ2n) is 5.12. The Kier molecular flexibility index (Phi) is 6.44. The molecule has 24 heavy (non-hydrogen) atoms. The molecule has 0 saturated heterocycles. The zero-order valence-electron chi connectivity index (χ0n) is 13.9. The summed E-state index contributed by atoms with van der Waals surface area (Å²) in [5.41, 5.74) is 0.816. The van der Waals surface area contributed by atoms with Crippen LogP contribution in [0.1, 0.15) is 6.92 Å². The van der Waals surface area contributed by atoms with Crippen molar-refractivity contribution in [2.24, 2.45) is 0 Å². The molecule has 1 heterocycles. The molecule has 8 nitrogen and oxygen atoms in total. The first-order chi connectivity index (χ1) is 11.5. The zero-order valence-corrected chi connectivity index (χ0v) is 14.7. The molecule has 0 aliphatic rings. The van der Waals surface area contributed by atoms with Crippen molar-refractivity contribution in [2.75, 3.05) is 32.4 Å². The summed E-state index contributed by atoms with van der Waals surface area (Å²) < 4.78 is 11.5. The van der Waals surface area contributed by atoms with Crippen LogP contribution >= 0.6 is 11.8 Å². The molecule has 1 amide bonds. The van der Waals surface area contributed by atoms with Crippen molar-refractivity contribution in [3.8, 4) is 17.1 Å². The van der Waals surface area contributed by atoms with E-state index >= 15 is 0 Å². The molecule has 0 bridgehead atoms. The Morgan fingerprint density at radius 1 is 1.33 bits per heavy atom. The highest BCUT2D eigenvalue weighted by atomic mass is 32.2. The Bertz CT molecular complexity index is 674. The lowest BCUT2D eigenvalue weighted by atomic mass is 10.2. The molecule has 0 radical (unpaired) electrons. The molecular formula is C15H21N5O3S. The van der Waals surface area contributed by atoms with Crippen LogP contribution < -0.4 is 15.9 Å². The number of aromatic nitrogens is 3. The maximum atomic E-state index is 11.9. The van der Waals surface area contributed by atoms with Gasteiger partial charge in [0.25, 0.3) is 0 Å². The summed E-state index contributed by atoms with van der Waals surface area (Å²) >= 11 is 1.23. The van der Waals surface area contributed by atoms with E-state index in [1.165, 1.54) is 16.4 Å². The van der Waals surface area contributed by atoms with Crippen LogP contribution in [-0.4, -0.2) is 53.4 Å². The van der Waals surface area contributed by atoms with Gasteiger partial charge in [0.2, 0.25) is 11.1 Å². The quantitative estimate of drug-likeness (QED) is 0.538. The normalized spacial score (nSPS) is 12.0. The maximum Gasteiger partial charge on any atom is 0.230 e. The van der Waals surface area contributed by atoms with Crippen molar-refractivity contribution >= 4 is 17.7 Å². The lowest BCUT2D eigenvalue weighted by molar-refractivity contribution is -0.119. The molecule has 3 N–H and O–H groups in total. The van der Waals surface area contributed by atoms with Crippen molar-refractivity contribution in [1.82, 2.24) is 20.2 Å². The number of hydrogen-bond donors (Lipinski definition) is 2. The van der Waals surface area contributed by atoms with Crippen LogP contribution in [0.3, 0.4) is 0 Å². The van der Waals surface area contributed by atoms with Crippen LogP contribution in [-0.2, 0) is 9.53 Å². The monoisotopic (exact) mass is 351 g/mol. The molecule has 0 saturated carbocycles. The second-order valence-corrected chi connectivity index (χ2v) is 6.06. The van der Waals surface area contributed by atoms with Gasteiger partial charge in [-0.15, -0.1) is 10.2 Å². The van der Waals surface area contributed by atoms with Crippen molar-refractivity contribution in [1.29, 1.82) is 0 Å². The highest BCUT2D eigenvalue weighted by molar-refractivity contribution is 7.99. The molecule has 130 valence electrons. The van der Waals surface area contributed by atoms with Gasteiger partial charge < -0.3 is 20.6 Å². The number of thioether (sulfide) groups is 1. The number of nitrogens with one attached hydrogen (secondary N) is 1. The van der Waals surface area contributed by atoms with E-state index in [1.54, 1.807) is 14.2 Å². The first-order valence-corrected chi connectivity index (χ1v) is 8.29. The van der Waals surface area contributed by atoms with Gasteiger partial charge >= 0.3 is 0 Å². The lowest BCUT2D eigenvalue weighted by Crippen LogP contribution is -2.36. The van der Waals surface area contributed by atoms with Gasteiger partial charge in [0.05, 0.1) is 19.5 Å². The van der Waals surface area contributed by atoms with Gasteiger partial charge in [-0.05, 0) is 31.2 Å². The standard InChI is InChI=1S/C15H21N5O3S/c1-10(8-22-2)17-13(21)9-24-15-19-18-14(20(15)16)11-4-6-12(23-3)7-5-11/h4-7,10H,8-9,16H2,1-3H3,(H,17,21)/t10-/m0/s1. The van der Waals surface area contributed by atoms with Gasteiger partial charge in [0, 0.05) is 18.7 Å². The summed E-state index contributed by atoms with van der Waals surface area (Å²) in [6.07, 6.45) is 0. The number of nitrogens with zero attached hydrogens (tertiary/aromatic N) is 3. The highest BCUT2D eigenvalue weighted by Crippen LogP contribution is 2.23. The highest BCUT2D eigenvalue weighted by Gasteiger charge is 2.14. The fraction of sp³-hybridized carbons (Fsp3) is 0.400. The van der Waals surface area contributed by atoms with E-state index in [2.05, 4.69) is 15.5 Å². The third-order valence-corrected chi connectivity index (χ3v) is 4.11. The fourth-order valence-corrected chi connectivity index (χ4v) is 2.72. The molecule has 0 fully saturated rings. The van der Waals surface area contributed by atoms with Crippen molar-refractivity contribution in [3.63, 3.8) is 0 Å². The Morgan fingerprint density at radius 3 is 2.67 bits per heavy atom. The largest absolute Gasteiger partial charge is 0.497 e. The number of carbonyl (C=O) groups is 1. The molecule has 2 rings (SSSR count). The van der Waals surface area contributed by atoms with E-state index in [0.717, 1.165) is 11.3 Å². The van der Waals surface area contributed by atoms with Gasteiger partial charge in [-0.2, -0.15) is 0 Å². The molecule has 0 spiro atoms. The van der Waals surface area contributed by atoms with Crippen molar-refractivity contribution in [2.45, 2.75) is 18.1 Å². The average Bonchev–Trinajstić information content (AvgIpc) is 2.94. The second kappa shape index (κ2) is 8.55. The molecule has 9 heteroatoms. The van der Waals surface area contributed by atoms with Gasteiger partial charge in [-0.3, -0.25) is 4.79 Å². The summed E-state index contributed by atoms with van der Waals surface area (Å²) in [4.78, 5) is 11.9. The molecule has 0 aliphatic heterocycles. The molecule has 0 unspecified atom stereocenters. The summed E-state index contributed by atoms with van der Waals surface area (Å²) in [6, 6.07) is 7.29. The Hall–Kier alpha value is -2.26. The average molecular weight is 351 g/mol. The smallest absolute Gasteiger partial charge is 0.230 e. The van der Waals surface area contributed by atoms with E-state index in [1.807, 2.05) is 31.2 Å². The van der Waals surface area contributed by atoms with E-state index in [9.17, 15) is 4.79 Å². The Balaban J connectivity index is 1.98. The number of benzene rings is 1. The van der Waals surface area contributed by atoms with Crippen LogP contribution in [0.15, 0.2) is 29.4 Å². The first-order valence-electron chi connectivity index (χ1n) is 7.31. The van der Waals surface area contributed by atoms with Crippen LogP contribution in [0, 0.1) is 0 Å². The number of rotatable bonds is 8. The van der Waals surface area contributed by atoms with Gasteiger partial charge in [-0.25, -0.2) is 4.68 Å². The minimum atomic E-state index is -0.112. The summed E-state index contributed by atoms with van der Waals surface area (Å²) in [5.74, 6) is 7.39. The van der Waals surface area contributed by atoms with Crippen LogP contribution in [0.2, 0.25) is 0 Å². The summed E-state index contributed by atoms with van der Waals surface area (Å²) in [7, 11) is 3.20. The van der Waals surface area contributed by atoms with E-state index in [0.29, 0.717) is 17.6 Å². The number of ether oxygens (including phenoxy) is 2. The molecule has 1 aromatic carbocycles. The molecule has 2 aromatic rings. The van der Waals surface area contributed by atoms with Crippen molar-refractivity contribution in [3.05, 3.63) is 24.3 Å². The zero-order chi connectivity index (χ0) is 17.5. The minimum absolute atomic E-state index is 0.0475. The molecule has 0 aliphatic carbocycles. The van der Waals surface area contributed by atoms with Gasteiger partial charge in [0.15, 0.2) is 5.82 Å². The van der Waals surface area contributed by atoms with Crippen LogP contribution in [0.5, 0.6) is 5.75 Å².